The number of benzene rings is 3. The third kappa shape index (κ3) is 6.46. The van der Waals surface area contributed by atoms with E-state index in [9.17, 15) is 9.59 Å². The standard InChI is InChI=1S/C31H35N5O3/c1-6-23-11-10-14-25(19-23)32-31(38)35(21(2)3)20-28(37)33-30-29(24-12-8-7-9-13-24)22(4)34-36(30)26-15-17-27(39-5)18-16-26/h7-19,21H,6,20H2,1-5H3,(H,32,38)(H,33,37). The van der Waals surface area contributed by atoms with Gasteiger partial charge in [0.25, 0.3) is 0 Å². The van der Waals surface area contributed by atoms with Crippen LogP contribution in [-0.2, 0) is 11.2 Å². The van der Waals surface area contributed by atoms with Gasteiger partial charge in [-0.25, -0.2) is 9.48 Å². The summed E-state index contributed by atoms with van der Waals surface area (Å²) in [4.78, 5) is 28.2. The lowest BCUT2D eigenvalue weighted by atomic mass is 10.1. The van der Waals surface area contributed by atoms with Crippen molar-refractivity contribution in [1.29, 1.82) is 0 Å². The van der Waals surface area contributed by atoms with E-state index >= 15 is 0 Å². The summed E-state index contributed by atoms with van der Waals surface area (Å²) in [5.41, 5.74) is 5.10. The molecule has 0 spiro atoms. The van der Waals surface area contributed by atoms with Gasteiger partial charge in [-0.15, -0.1) is 0 Å². The first kappa shape index (κ1) is 27.4. The van der Waals surface area contributed by atoms with Crippen molar-refractivity contribution < 1.29 is 14.3 Å². The molecule has 0 saturated heterocycles. The first-order valence-corrected chi connectivity index (χ1v) is 13.1. The Morgan fingerprint density at radius 3 is 2.33 bits per heavy atom. The largest absolute Gasteiger partial charge is 0.497 e. The number of nitrogens with zero attached hydrogens (tertiary/aromatic N) is 3. The van der Waals surface area contributed by atoms with Gasteiger partial charge in [0.15, 0.2) is 0 Å². The summed E-state index contributed by atoms with van der Waals surface area (Å²) in [6.07, 6.45) is 0.866. The molecule has 0 atom stereocenters. The number of hydrogen-bond acceptors (Lipinski definition) is 4. The second-order valence-corrected chi connectivity index (χ2v) is 9.54. The van der Waals surface area contributed by atoms with Gasteiger partial charge in [-0.1, -0.05) is 49.4 Å². The zero-order valence-electron chi connectivity index (χ0n) is 23.1. The maximum atomic E-state index is 13.5. The molecule has 202 valence electrons. The van der Waals surface area contributed by atoms with Crippen molar-refractivity contribution in [2.24, 2.45) is 0 Å². The number of nitrogens with one attached hydrogen (secondary N) is 2. The second kappa shape index (κ2) is 12.3. The van der Waals surface area contributed by atoms with Crippen LogP contribution in [0.5, 0.6) is 5.75 Å². The van der Waals surface area contributed by atoms with Crippen LogP contribution in [0.15, 0.2) is 78.9 Å². The molecule has 1 heterocycles. The minimum absolute atomic E-state index is 0.127. The number of methoxy groups -OCH3 is 1. The normalized spacial score (nSPS) is 10.8. The van der Waals surface area contributed by atoms with Gasteiger partial charge < -0.3 is 20.3 Å². The summed E-state index contributed by atoms with van der Waals surface area (Å²) in [5, 5.41) is 10.7. The number of anilines is 2. The fourth-order valence-corrected chi connectivity index (χ4v) is 4.38. The van der Waals surface area contributed by atoms with Crippen LogP contribution in [0.3, 0.4) is 0 Å². The van der Waals surface area contributed by atoms with Crippen molar-refractivity contribution in [3.05, 3.63) is 90.1 Å². The average molecular weight is 526 g/mol. The zero-order chi connectivity index (χ0) is 27.9. The van der Waals surface area contributed by atoms with Crippen LogP contribution in [0.2, 0.25) is 0 Å². The molecule has 8 nitrogen and oxygen atoms in total. The van der Waals surface area contributed by atoms with E-state index in [4.69, 9.17) is 9.84 Å². The Morgan fingerprint density at radius 1 is 0.974 bits per heavy atom. The topological polar surface area (TPSA) is 88.5 Å². The number of aryl methyl sites for hydroxylation is 2. The number of aromatic nitrogens is 2. The lowest BCUT2D eigenvalue weighted by Crippen LogP contribution is -2.44. The molecule has 0 bridgehead atoms. The molecular formula is C31H35N5O3. The van der Waals surface area contributed by atoms with Gasteiger partial charge in [0.2, 0.25) is 5.91 Å². The first-order valence-electron chi connectivity index (χ1n) is 13.1. The predicted octanol–water partition coefficient (Wildman–Crippen LogP) is 6.30. The molecule has 4 rings (SSSR count). The van der Waals surface area contributed by atoms with Crippen LogP contribution in [0.4, 0.5) is 16.3 Å². The molecule has 0 saturated carbocycles. The predicted molar refractivity (Wildman–Crippen MR) is 156 cm³/mol. The number of ether oxygens (including phenoxy) is 1. The van der Waals surface area contributed by atoms with Gasteiger partial charge in [0.1, 0.15) is 18.1 Å². The molecule has 1 aromatic heterocycles. The van der Waals surface area contributed by atoms with Crippen molar-refractivity contribution in [2.75, 3.05) is 24.3 Å². The van der Waals surface area contributed by atoms with Crippen LogP contribution in [-0.4, -0.2) is 46.3 Å². The van der Waals surface area contributed by atoms with E-state index in [0.717, 1.165) is 40.2 Å². The number of amides is 3. The van der Waals surface area contributed by atoms with E-state index in [-0.39, 0.29) is 24.5 Å². The Kier molecular flexibility index (Phi) is 8.66. The van der Waals surface area contributed by atoms with E-state index in [1.165, 1.54) is 4.90 Å². The average Bonchev–Trinajstić information content (AvgIpc) is 3.27. The summed E-state index contributed by atoms with van der Waals surface area (Å²) in [7, 11) is 1.61. The fourth-order valence-electron chi connectivity index (χ4n) is 4.38. The molecule has 8 heteroatoms. The Labute approximate surface area is 229 Å². The van der Waals surface area contributed by atoms with E-state index < -0.39 is 0 Å². The molecule has 0 aliphatic heterocycles. The Bertz CT molecular complexity index is 1430. The summed E-state index contributed by atoms with van der Waals surface area (Å²) in [6, 6.07) is 24.4. The van der Waals surface area contributed by atoms with Gasteiger partial charge in [-0.3, -0.25) is 4.79 Å². The molecular weight excluding hydrogens is 490 g/mol. The second-order valence-electron chi connectivity index (χ2n) is 9.54. The molecule has 0 aliphatic rings. The molecule has 0 radical (unpaired) electrons. The van der Waals surface area contributed by atoms with E-state index in [2.05, 4.69) is 17.6 Å². The number of hydrogen-bond donors (Lipinski definition) is 2. The van der Waals surface area contributed by atoms with Crippen molar-refractivity contribution in [1.82, 2.24) is 14.7 Å². The van der Waals surface area contributed by atoms with Gasteiger partial charge in [0, 0.05) is 17.3 Å². The van der Waals surface area contributed by atoms with E-state index in [1.54, 1.807) is 11.8 Å². The quantitative estimate of drug-likeness (QED) is 0.268. The highest BCUT2D eigenvalue weighted by Gasteiger charge is 2.24. The lowest BCUT2D eigenvalue weighted by molar-refractivity contribution is -0.117. The van der Waals surface area contributed by atoms with Crippen LogP contribution in [0.1, 0.15) is 32.0 Å². The third-order valence-corrected chi connectivity index (χ3v) is 6.48. The van der Waals surface area contributed by atoms with Gasteiger partial charge in [-0.2, -0.15) is 5.10 Å². The molecule has 0 aliphatic carbocycles. The lowest BCUT2D eigenvalue weighted by Gasteiger charge is -2.26. The molecule has 3 amide bonds. The summed E-state index contributed by atoms with van der Waals surface area (Å²) >= 11 is 0. The number of carbonyl (C=O) groups excluding carboxylic acids is 2. The van der Waals surface area contributed by atoms with Crippen molar-refractivity contribution in [3.8, 4) is 22.6 Å². The highest BCUT2D eigenvalue weighted by Crippen LogP contribution is 2.33. The highest BCUT2D eigenvalue weighted by atomic mass is 16.5. The Morgan fingerprint density at radius 2 is 1.69 bits per heavy atom. The summed E-state index contributed by atoms with van der Waals surface area (Å²) in [6.45, 7) is 7.62. The first-order chi connectivity index (χ1) is 18.8. The van der Waals surface area contributed by atoms with Crippen LogP contribution in [0, 0.1) is 6.92 Å². The van der Waals surface area contributed by atoms with E-state index in [0.29, 0.717) is 11.5 Å². The highest BCUT2D eigenvalue weighted by molar-refractivity contribution is 5.99. The minimum atomic E-state index is -0.337. The maximum absolute atomic E-state index is 13.5. The van der Waals surface area contributed by atoms with Gasteiger partial charge in [0.05, 0.1) is 18.5 Å². The van der Waals surface area contributed by atoms with Crippen molar-refractivity contribution >= 4 is 23.4 Å². The maximum Gasteiger partial charge on any atom is 0.322 e. The smallest absolute Gasteiger partial charge is 0.322 e. The third-order valence-electron chi connectivity index (χ3n) is 6.48. The molecule has 4 aromatic rings. The van der Waals surface area contributed by atoms with Crippen molar-refractivity contribution in [3.63, 3.8) is 0 Å². The van der Waals surface area contributed by atoms with Crippen LogP contribution >= 0.6 is 0 Å². The molecule has 0 fully saturated rings. The molecule has 2 N–H and O–H groups in total. The fraction of sp³-hybridized carbons (Fsp3) is 0.258. The van der Waals surface area contributed by atoms with Crippen LogP contribution in [0.25, 0.3) is 16.8 Å². The van der Waals surface area contributed by atoms with Gasteiger partial charge in [-0.05, 0) is 74.7 Å². The minimum Gasteiger partial charge on any atom is -0.497 e. The Balaban J connectivity index is 1.62. The monoisotopic (exact) mass is 525 g/mol. The Hall–Kier alpha value is -4.59. The van der Waals surface area contributed by atoms with Crippen molar-refractivity contribution in [2.45, 2.75) is 40.2 Å². The molecule has 0 unspecified atom stereocenters. The number of carbonyl (C=O) groups is 2. The summed E-state index contributed by atoms with van der Waals surface area (Å²) < 4.78 is 7.01. The van der Waals surface area contributed by atoms with Crippen LogP contribution < -0.4 is 15.4 Å². The van der Waals surface area contributed by atoms with E-state index in [1.807, 2.05) is 99.6 Å². The zero-order valence-corrected chi connectivity index (χ0v) is 23.1. The number of urea groups is 1. The van der Waals surface area contributed by atoms with Gasteiger partial charge >= 0.3 is 6.03 Å². The molecule has 39 heavy (non-hydrogen) atoms. The summed E-state index contributed by atoms with van der Waals surface area (Å²) in [5.74, 6) is 0.932. The molecule has 3 aromatic carbocycles. The SMILES string of the molecule is CCc1cccc(NC(=O)N(CC(=O)Nc2c(-c3ccccc3)c(C)nn2-c2ccc(OC)cc2)C(C)C)c1. The number of rotatable bonds is 9.